The van der Waals surface area contributed by atoms with Gasteiger partial charge in [0.1, 0.15) is 5.75 Å². The summed E-state index contributed by atoms with van der Waals surface area (Å²) in [5.74, 6) is 5.82. The number of hydrogen-bond acceptors (Lipinski definition) is 4. The number of rotatable bonds is 6. The third-order valence-corrected chi connectivity index (χ3v) is 3.52. The van der Waals surface area contributed by atoms with Crippen LogP contribution in [0.3, 0.4) is 0 Å². The fourth-order valence-electron chi connectivity index (χ4n) is 2.49. The monoisotopic (exact) mass is 304 g/mol. The van der Waals surface area contributed by atoms with Crippen LogP contribution in [-0.2, 0) is 11.2 Å². The first-order chi connectivity index (χ1) is 9.96. The van der Waals surface area contributed by atoms with Crippen LogP contribution in [0, 0.1) is 5.92 Å². The van der Waals surface area contributed by atoms with Gasteiger partial charge >= 0.3 is 6.36 Å². The highest BCUT2D eigenvalue weighted by Gasteiger charge is 2.31. The predicted octanol–water partition coefficient (Wildman–Crippen LogP) is 2.39. The van der Waals surface area contributed by atoms with Gasteiger partial charge in [-0.25, -0.2) is 0 Å². The number of benzene rings is 1. The summed E-state index contributed by atoms with van der Waals surface area (Å²) in [6, 6.07) is 5.95. The Morgan fingerprint density at radius 2 is 2.05 bits per heavy atom. The SMILES string of the molecule is NNC(Cc1ccc(OC(F)(F)F)cc1)CC1CCOC1. The van der Waals surface area contributed by atoms with Crippen molar-refractivity contribution in [3.63, 3.8) is 0 Å². The highest BCUT2D eigenvalue weighted by Crippen LogP contribution is 2.24. The number of nitrogens with one attached hydrogen (secondary N) is 1. The predicted molar refractivity (Wildman–Crippen MR) is 71.5 cm³/mol. The van der Waals surface area contributed by atoms with E-state index in [1.165, 1.54) is 12.1 Å². The average Bonchev–Trinajstić information content (AvgIpc) is 2.91. The topological polar surface area (TPSA) is 56.5 Å². The molecule has 0 aromatic heterocycles. The highest BCUT2D eigenvalue weighted by molar-refractivity contribution is 5.28. The van der Waals surface area contributed by atoms with Gasteiger partial charge in [-0.15, -0.1) is 13.2 Å². The molecule has 0 radical (unpaired) electrons. The molecule has 7 heteroatoms. The number of halogens is 3. The molecule has 1 saturated heterocycles. The lowest BCUT2D eigenvalue weighted by Crippen LogP contribution is -2.38. The molecule has 0 saturated carbocycles. The number of alkyl halides is 3. The van der Waals surface area contributed by atoms with Crippen LogP contribution in [-0.4, -0.2) is 25.6 Å². The van der Waals surface area contributed by atoms with Gasteiger partial charge in [-0.3, -0.25) is 11.3 Å². The first-order valence-corrected chi connectivity index (χ1v) is 6.85. The van der Waals surface area contributed by atoms with Gasteiger partial charge in [0.15, 0.2) is 0 Å². The lowest BCUT2D eigenvalue weighted by Gasteiger charge is -2.19. The number of ether oxygens (including phenoxy) is 2. The van der Waals surface area contributed by atoms with Crippen molar-refractivity contribution in [1.29, 1.82) is 0 Å². The highest BCUT2D eigenvalue weighted by atomic mass is 19.4. The van der Waals surface area contributed by atoms with Crippen LogP contribution in [0.5, 0.6) is 5.75 Å². The maximum atomic E-state index is 12.1. The minimum absolute atomic E-state index is 0.0751. The second kappa shape index (κ2) is 7.11. The van der Waals surface area contributed by atoms with Crippen LogP contribution in [0.2, 0.25) is 0 Å². The maximum absolute atomic E-state index is 12.1. The molecule has 2 rings (SSSR count). The molecule has 1 aromatic carbocycles. The lowest BCUT2D eigenvalue weighted by atomic mass is 9.95. The van der Waals surface area contributed by atoms with Gasteiger partial charge < -0.3 is 9.47 Å². The standard InChI is InChI=1S/C14H19F3N2O2/c15-14(16,17)21-13-3-1-10(2-4-13)7-12(19-18)8-11-5-6-20-9-11/h1-4,11-12,19H,5-9,18H2. The molecule has 3 N–H and O–H groups in total. The van der Waals surface area contributed by atoms with E-state index in [1.54, 1.807) is 12.1 Å². The summed E-state index contributed by atoms with van der Waals surface area (Å²) < 4.78 is 45.4. The minimum atomic E-state index is -4.66. The van der Waals surface area contributed by atoms with E-state index in [4.69, 9.17) is 10.6 Å². The van der Waals surface area contributed by atoms with E-state index in [0.29, 0.717) is 12.3 Å². The van der Waals surface area contributed by atoms with Gasteiger partial charge in [0.05, 0.1) is 0 Å². The van der Waals surface area contributed by atoms with E-state index in [0.717, 1.165) is 31.6 Å². The number of nitrogens with two attached hydrogens (primary N) is 1. The molecule has 21 heavy (non-hydrogen) atoms. The quantitative estimate of drug-likeness (QED) is 0.626. The van der Waals surface area contributed by atoms with Crippen LogP contribution < -0.4 is 16.0 Å². The van der Waals surface area contributed by atoms with Gasteiger partial charge in [-0.2, -0.15) is 0 Å². The van der Waals surface area contributed by atoms with E-state index >= 15 is 0 Å². The van der Waals surface area contributed by atoms with Crippen molar-refractivity contribution < 1.29 is 22.6 Å². The zero-order valence-corrected chi connectivity index (χ0v) is 11.5. The first kappa shape index (κ1) is 16.1. The summed E-state index contributed by atoms with van der Waals surface area (Å²) in [6.07, 6.45) is -2.10. The van der Waals surface area contributed by atoms with Crippen molar-refractivity contribution in [3.8, 4) is 5.75 Å². The summed E-state index contributed by atoms with van der Waals surface area (Å²) in [4.78, 5) is 0. The molecular formula is C14H19F3N2O2. The zero-order valence-electron chi connectivity index (χ0n) is 11.5. The Labute approximate surface area is 121 Å². The Morgan fingerprint density at radius 3 is 2.57 bits per heavy atom. The molecule has 1 aromatic rings. The van der Waals surface area contributed by atoms with E-state index in [1.807, 2.05) is 0 Å². The molecule has 1 heterocycles. The van der Waals surface area contributed by atoms with Crippen LogP contribution in [0.15, 0.2) is 24.3 Å². The molecule has 0 bridgehead atoms. The van der Waals surface area contributed by atoms with Crippen LogP contribution in [0.4, 0.5) is 13.2 Å². The fraction of sp³-hybridized carbons (Fsp3) is 0.571. The Morgan fingerprint density at radius 1 is 1.33 bits per heavy atom. The Kier molecular flexibility index (Phi) is 5.44. The van der Waals surface area contributed by atoms with Gasteiger partial charge in [0.2, 0.25) is 0 Å². The fourth-order valence-corrected chi connectivity index (χ4v) is 2.49. The average molecular weight is 304 g/mol. The van der Waals surface area contributed by atoms with Crippen molar-refractivity contribution in [2.45, 2.75) is 31.7 Å². The third-order valence-electron chi connectivity index (χ3n) is 3.52. The smallest absolute Gasteiger partial charge is 0.406 e. The molecule has 0 amide bonds. The van der Waals surface area contributed by atoms with Crippen molar-refractivity contribution in [3.05, 3.63) is 29.8 Å². The first-order valence-electron chi connectivity index (χ1n) is 6.85. The molecule has 1 fully saturated rings. The number of hydrazine groups is 1. The van der Waals surface area contributed by atoms with E-state index in [9.17, 15) is 13.2 Å². The second-order valence-corrected chi connectivity index (χ2v) is 5.22. The summed E-state index contributed by atoms with van der Waals surface area (Å²) >= 11 is 0. The number of hydrogen-bond donors (Lipinski definition) is 2. The Balaban J connectivity index is 1.88. The summed E-state index contributed by atoms with van der Waals surface area (Å²) in [5.41, 5.74) is 3.67. The summed E-state index contributed by atoms with van der Waals surface area (Å²) in [5, 5.41) is 0. The normalized spacial score (nSPS) is 20.5. The van der Waals surface area contributed by atoms with Gasteiger partial charge in [0, 0.05) is 19.3 Å². The van der Waals surface area contributed by atoms with Crippen LogP contribution in [0.1, 0.15) is 18.4 Å². The minimum Gasteiger partial charge on any atom is -0.406 e. The summed E-state index contributed by atoms with van der Waals surface area (Å²) in [6.45, 7) is 1.53. The van der Waals surface area contributed by atoms with Gasteiger partial charge in [-0.1, -0.05) is 12.1 Å². The summed E-state index contributed by atoms with van der Waals surface area (Å²) in [7, 11) is 0. The largest absolute Gasteiger partial charge is 0.573 e. The lowest BCUT2D eigenvalue weighted by molar-refractivity contribution is -0.274. The molecule has 0 aliphatic carbocycles. The molecule has 118 valence electrons. The third kappa shape index (κ3) is 5.53. The van der Waals surface area contributed by atoms with E-state index in [-0.39, 0.29) is 11.8 Å². The van der Waals surface area contributed by atoms with Gasteiger partial charge in [0.25, 0.3) is 0 Å². The van der Waals surface area contributed by atoms with Crippen molar-refractivity contribution >= 4 is 0 Å². The van der Waals surface area contributed by atoms with Crippen molar-refractivity contribution in [1.82, 2.24) is 5.43 Å². The van der Waals surface area contributed by atoms with E-state index < -0.39 is 6.36 Å². The molecule has 2 unspecified atom stereocenters. The zero-order chi connectivity index (χ0) is 15.3. The molecular weight excluding hydrogens is 285 g/mol. The molecule has 1 aliphatic heterocycles. The molecule has 1 aliphatic rings. The Hall–Kier alpha value is -1.31. The second-order valence-electron chi connectivity index (χ2n) is 5.22. The molecule has 0 spiro atoms. The molecule has 4 nitrogen and oxygen atoms in total. The van der Waals surface area contributed by atoms with Crippen LogP contribution in [0.25, 0.3) is 0 Å². The van der Waals surface area contributed by atoms with Crippen molar-refractivity contribution in [2.75, 3.05) is 13.2 Å². The van der Waals surface area contributed by atoms with E-state index in [2.05, 4.69) is 10.2 Å². The van der Waals surface area contributed by atoms with Crippen LogP contribution >= 0.6 is 0 Å². The van der Waals surface area contributed by atoms with Gasteiger partial charge in [-0.05, 0) is 42.9 Å². The van der Waals surface area contributed by atoms with Crippen molar-refractivity contribution in [2.24, 2.45) is 11.8 Å². The Bertz CT molecular complexity index is 431. The maximum Gasteiger partial charge on any atom is 0.573 e. The molecule has 2 atom stereocenters.